The number of carbonyl (C=O) groups excluding carboxylic acids is 1. The van der Waals surface area contributed by atoms with Crippen LogP contribution in [0.25, 0.3) is 0 Å². The highest BCUT2D eigenvalue weighted by Gasteiger charge is 2.85. The lowest BCUT2D eigenvalue weighted by Crippen LogP contribution is -2.57. The zero-order valence-corrected chi connectivity index (χ0v) is 15.5. The summed E-state index contributed by atoms with van der Waals surface area (Å²) in [5, 5.41) is 0. The van der Waals surface area contributed by atoms with Crippen molar-refractivity contribution < 1.29 is 57.8 Å². The van der Waals surface area contributed by atoms with Crippen molar-refractivity contribution >= 4 is 5.97 Å². The van der Waals surface area contributed by atoms with Gasteiger partial charge in [-0.05, 0) is 36.0 Å². The SMILES string of the molecule is CC1C2CC3C1C3(C(=O)OCC(F)(F)C(F)(F)CC(F)(F)C(F)(F)C(F)(F)F)C2C. The first-order valence-electron chi connectivity index (χ1n) is 9.01. The summed E-state index contributed by atoms with van der Waals surface area (Å²) in [6.07, 6.45) is -10.1. The first kappa shape index (κ1) is 23.4. The lowest BCUT2D eigenvalue weighted by Gasteiger charge is -2.33. The van der Waals surface area contributed by atoms with E-state index in [-0.39, 0.29) is 29.6 Å². The second kappa shape index (κ2) is 6.14. The van der Waals surface area contributed by atoms with Crippen LogP contribution in [0.4, 0.5) is 48.3 Å². The molecule has 4 fully saturated rings. The quantitative estimate of drug-likeness (QED) is 0.366. The Balaban J connectivity index is 1.69. The maximum Gasteiger partial charge on any atom is 0.459 e. The van der Waals surface area contributed by atoms with E-state index in [0.717, 1.165) is 0 Å². The van der Waals surface area contributed by atoms with Crippen molar-refractivity contribution in [2.75, 3.05) is 6.61 Å². The Labute approximate surface area is 163 Å². The molecule has 0 aromatic carbocycles. The van der Waals surface area contributed by atoms with Gasteiger partial charge in [0.05, 0.1) is 11.8 Å². The van der Waals surface area contributed by atoms with E-state index in [1.165, 1.54) is 0 Å². The monoisotopic (exact) mass is 462 g/mol. The van der Waals surface area contributed by atoms with Crippen molar-refractivity contribution in [1.29, 1.82) is 0 Å². The standard InChI is InChI=1S/C17H17F11O2/c1-6-8-3-9-10(6)15(9,7(8)2)11(29)30-5-14(22,23)12(18,19)4-13(20,21)16(24,25)17(26,27)28/h6-10H,3-5H2,1-2H3. The van der Waals surface area contributed by atoms with E-state index in [1.807, 2.05) is 6.92 Å². The summed E-state index contributed by atoms with van der Waals surface area (Å²) in [6, 6.07) is 0. The van der Waals surface area contributed by atoms with Gasteiger partial charge < -0.3 is 4.74 Å². The van der Waals surface area contributed by atoms with Gasteiger partial charge in [-0.15, -0.1) is 0 Å². The molecule has 6 unspecified atom stereocenters. The van der Waals surface area contributed by atoms with Crippen LogP contribution in [0.3, 0.4) is 0 Å². The molecular weight excluding hydrogens is 445 g/mol. The normalized spacial score (nSPS) is 36.2. The van der Waals surface area contributed by atoms with Crippen LogP contribution < -0.4 is 0 Å². The highest BCUT2D eigenvalue weighted by molar-refractivity contribution is 5.84. The molecule has 0 amide bonds. The maximum absolute atomic E-state index is 13.8. The van der Waals surface area contributed by atoms with Gasteiger partial charge in [-0.25, -0.2) is 0 Å². The number of halogens is 11. The molecule has 4 bridgehead atoms. The van der Waals surface area contributed by atoms with Gasteiger partial charge in [-0.1, -0.05) is 13.8 Å². The van der Waals surface area contributed by atoms with Crippen LogP contribution in [-0.2, 0) is 9.53 Å². The molecule has 4 saturated carbocycles. The minimum atomic E-state index is -6.97. The Bertz CT molecular complexity index is 728. The number of hydrogen-bond acceptors (Lipinski definition) is 2. The summed E-state index contributed by atoms with van der Waals surface area (Å²) in [5.41, 5.74) is -1.12. The largest absolute Gasteiger partial charge is 0.459 e. The molecule has 13 heteroatoms. The fourth-order valence-corrected chi connectivity index (χ4v) is 5.67. The van der Waals surface area contributed by atoms with Gasteiger partial charge >= 0.3 is 35.8 Å². The third-order valence-corrected chi connectivity index (χ3v) is 7.19. The number of ether oxygens (including phenoxy) is 1. The lowest BCUT2D eigenvalue weighted by atomic mass is 9.90. The molecule has 2 nitrogen and oxygen atoms in total. The van der Waals surface area contributed by atoms with E-state index in [4.69, 9.17) is 0 Å². The lowest BCUT2D eigenvalue weighted by molar-refractivity contribution is -0.371. The molecule has 0 heterocycles. The average molecular weight is 462 g/mol. The zero-order chi connectivity index (χ0) is 23.3. The Morgan fingerprint density at radius 2 is 1.43 bits per heavy atom. The number of hydrogen-bond donors (Lipinski definition) is 0. The van der Waals surface area contributed by atoms with Gasteiger partial charge in [-0.2, -0.15) is 48.3 Å². The smallest absolute Gasteiger partial charge is 0.459 e. The first-order chi connectivity index (χ1) is 13.3. The van der Waals surface area contributed by atoms with Crippen LogP contribution >= 0.6 is 0 Å². The summed E-state index contributed by atoms with van der Waals surface area (Å²) in [6.45, 7) is 1.11. The minimum absolute atomic E-state index is 0.0859. The highest BCUT2D eigenvalue weighted by Crippen LogP contribution is 2.83. The Kier molecular flexibility index (Phi) is 4.78. The highest BCUT2D eigenvalue weighted by atomic mass is 19.4. The summed E-state index contributed by atoms with van der Waals surface area (Å²) in [4.78, 5) is 12.3. The fraction of sp³-hybridized carbons (Fsp3) is 0.941. The van der Waals surface area contributed by atoms with Crippen LogP contribution in [0.15, 0.2) is 0 Å². The van der Waals surface area contributed by atoms with Crippen LogP contribution in [-0.4, -0.2) is 42.4 Å². The van der Waals surface area contributed by atoms with Crippen molar-refractivity contribution in [2.45, 2.75) is 56.6 Å². The van der Waals surface area contributed by atoms with E-state index < -0.39 is 54.3 Å². The molecule has 4 aliphatic carbocycles. The number of rotatable bonds is 7. The van der Waals surface area contributed by atoms with Crippen molar-refractivity contribution in [2.24, 2.45) is 35.0 Å². The molecule has 4 rings (SSSR count). The zero-order valence-electron chi connectivity index (χ0n) is 15.5. The average Bonchev–Trinajstić information content (AvgIpc) is 2.85. The van der Waals surface area contributed by atoms with E-state index in [9.17, 15) is 53.1 Å². The summed E-state index contributed by atoms with van der Waals surface area (Å²) in [5.74, 6) is -26.7. The van der Waals surface area contributed by atoms with Gasteiger partial charge in [0, 0.05) is 0 Å². The molecular formula is C17H17F11O2. The minimum Gasteiger partial charge on any atom is -0.459 e. The molecule has 0 aliphatic heterocycles. The van der Waals surface area contributed by atoms with Crippen molar-refractivity contribution in [3.05, 3.63) is 0 Å². The Hall–Kier alpha value is -1.30. The van der Waals surface area contributed by atoms with Crippen molar-refractivity contribution in [1.82, 2.24) is 0 Å². The molecule has 6 atom stereocenters. The van der Waals surface area contributed by atoms with Gasteiger partial charge in [-0.3, -0.25) is 4.79 Å². The van der Waals surface area contributed by atoms with Crippen molar-refractivity contribution in [3.8, 4) is 0 Å². The molecule has 174 valence electrons. The second-order valence-corrected chi connectivity index (χ2v) is 8.55. The summed E-state index contributed by atoms with van der Waals surface area (Å²) >= 11 is 0. The molecule has 0 N–H and O–H groups in total. The molecule has 0 spiro atoms. The summed E-state index contributed by atoms with van der Waals surface area (Å²) in [7, 11) is 0. The van der Waals surface area contributed by atoms with Gasteiger partial charge in [0.15, 0.2) is 6.61 Å². The van der Waals surface area contributed by atoms with E-state index in [0.29, 0.717) is 6.42 Å². The number of esters is 1. The predicted octanol–water partition coefficient (Wildman–Crippen LogP) is 5.56. The fourth-order valence-electron chi connectivity index (χ4n) is 5.67. The van der Waals surface area contributed by atoms with Gasteiger partial charge in [0.2, 0.25) is 0 Å². The van der Waals surface area contributed by atoms with Gasteiger partial charge in [0.25, 0.3) is 0 Å². The van der Waals surface area contributed by atoms with Crippen LogP contribution in [0.5, 0.6) is 0 Å². The topological polar surface area (TPSA) is 26.3 Å². The second-order valence-electron chi connectivity index (χ2n) is 8.55. The molecule has 0 aromatic heterocycles. The molecule has 0 radical (unpaired) electrons. The third-order valence-electron chi connectivity index (χ3n) is 7.19. The first-order valence-corrected chi connectivity index (χ1v) is 9.01. The van der Waals surface area contributed by atoms with E-state index in [1.54, 1.807) is 6.92 Å². The predicted molar refractivity (Wildman–Crippen MR) is 77.3 cm³/mol. The van der Waals surface area contributed by atoms with E-state index >= 15 is 0 Å². The molecule has 30 heavy (non-hydrogen) atoms. The Morgan fingerprint density at radius 3 is 1.80 bits per heavy atom. The number of carbonyl (C=O) groups is 1. The van der Waals surface area contributed by atoms with Gasteiger partial charge in [0.1, 0.15) is 0 Å². The number of alkyl halides is 11. The van der Waals surface area contributed by atoms with Crippen LogP contribution in [0.2, 0.25) is 0 Å². The van der Waals surface area contributed by atoms with Crippen LogP contribution in [0, 0.1) is 35.0 Å². The maximum atomic E-state index is 13.8. The third kappa shape index (κ3) is 2.78. The van der Waals surface area contributed by atoms with E-state index in [2.05, 4.69) is 4.74 Å². The van der Waals surface area contributed by atoms with Crippen LogP contribution in [0.1, 0.15) is 26.7 Å². The molecule has 0 saturated heterocycles. The molecule has 4 aliphatic rings. The molecule has 0 aromatic rings. The summed E-state index contributed by atoms with van der Waals surface area (Å²) < 4.78 is 147. The Morgan fingerprint density at radius 1 is 0.900 bits per heavy atom. The van der Waals surface area contributed by atoms with Crippen molar-refractivity contribution in [3.63, 3.8) is 0 Å².